The van der Waals surface area contributed by atoms with Crippen molar-refractivity contribution in [2.24, 2.45) is 0 Å². The highest BCUT2D eigenvalue weighted by atomic mass is 32.1. The van der Waals surface area contributed by atoms with Crippen molar-refractivity contribution >= 4 is 23.2 Å². The van der Waals surface area contributed by atoms with E-state index in [-0.39, 0.29) is 11.5 Å². The van der Waals surface area contributed by atoms with Crippen LogP contribution in [0.5, 0.6) is 0 Å². The Labute approximate surface area is 126 Å². The first-order valence-corrected chi connectivity index (χ1v) is 7.26. The van der Waals surface area contributed by atoms with Crippen molar-refractivity contribution in [3.63, 3.8) is 0 Å². The van der Waals surface area contributed by atoms with Gasteiger partial charge in [-0.15, -0.1) is 11.3 Å². The summed E-state index contributed by atoms with van der Waals surface area (Å²) in [6.07, 6.45) is 0. The molecule has 1 aromatic heterocycles. The van der Waals surface area contributed by atoms with E-state index in [9.17, 15) is 9.59 Å². The summed E-state index contributed by atoms with van der Waals surface area (Å²) < 4.78 is 0. The number of nitrogens with zero attached hydrogens (tertiary/aromatic N) is 2. The minimum Gasteiger partial charge on any atom is -0.478 e. The lowest BCUT2D eigenvalue weighted by atomic mass is 10.1. The van der Waals surface area contributed by atoms with Crippen LogP contribution in [0.15, 0.2) is 23.7 Å². The topological polar surface area (TPSA) is 70.5 Å². The molecule has 0 radical (unpaired) electrons. The number of hydrogen-bond donors (Lipinski definition) is 1. The molecule has 0 saturated heterocycles. The van der Waals surface area contributed by atoms with Crippen LogP contribution >= 0.6 is 11.3 Å². The third kappa shape index (κ3) is 3.46. The first-order chi connectivity index (χ1) is 9.88. The van der Waals surface area contributed by atoms with Gasteiger partial charge in [0.15, 0.2) is 0 Å². The van der Waals surface area contributed by atoms with Gasteiger partial charge in [-0.2, -0.15) is 0 Å². The quantitative estimate of drug-likeness (QED) is 0.943. The molecular formula is C15H16N2O3S. The first kappa shape index (κ1) is 15.2. The van der Waals surface area contributed by atoms with E-state index in [2.05, 4.69) is 4.98 Å². The molecule has 0 spiro atoms. The Balaban J connectivity index is 2.23. The number of carbonyl (C=O) groups is 2. The maximum absolute atomic E-state index is 12.4. The van der Waals surface area contributed by atoms with Crippen molar-refractivity contribution in [2.45, 2.75) is 20.4 Å². The first-order valence-electron chi connectivity index (χ1n) is 6.38. The van der Waals surface area contributed by atoms with E-state index in [1.54, 1.807) is 36.5 Å². The molecule has 2 rings (SSSR count). The van der Waals surface area contributed by atoms with Gasteiger partial charge in [-0.3, -0.25) is 4.79 Å². The molecule has 1 N–H and O–H groups in total. The summed E-state index contributed by atoms with van der Waals surface area (Å²) in [7, 11) is 1.70. The van der Waals surface area contributed by atoms with Crippen LogP contribution in [-0.2, 0) is 6.54 Å². The van der Waals surface area contributed by atoms with Crippen LogP contribution in [-0.4, -0.2) is 33.9 Å². The molecule has 2 aromatic rings. The Morgan fingerprint density at radius 1 is 1.24 bits per heavy atom. The maximum Gasteiger partial charge on any atom is 0.335 e. The largest absolute Gasteiger partial charge is 0.478 e. The summed E-state index contributed by atoms with van der Waals surface area (Å²) in [5, 5.41) is 9.07. The number of aromatic nitrogens is 1. The molecule has 1 aromatic carbocycles. The van der Waals surface area contributed by atoms with Crippen LogP contribution in [0.3, 0.4) is 0 Å². The molecule has 0 aliphatic carbocycles. The number of carboxylic acid groups (broad SMARTS) is 1. The molecule has 0 atom stereocenters. The number of carboxylic acids is 1. The average molecular weight is 304 g/mol. The standard InChI is InChI=1S/C15H16N2O3S/c1-9-4-11(6-12(5-9)15(19)20)14(18)17(3)7-13-10(2)16-8-21-13/h4-6,8H,7H2,1-3H3,(H,19,20). The minimum absolute atomic E-state index is 0.126. The second-order valence-corrected chi connectivity index (χ2v) is 5.85. The Hall–Kier alpha value is -2.21. The van der Waals surface area contributed by atoms with Crippen molar-refractivity contribution in [1.82, 2.24) is 9.88 Å². The number of aromatic carboxylic acids is 1. The predicted molar refractivity (Wildman–Crippen MR) is 80.8 cm³/mol. The van der Waals surface area contributed by atoms with Gasteiger partial charge in [0, 0.05) is 17.5 Å². The Kier molecular flexibility index (Phi) is 4.37. The zero-order valence-corrected chi connectivity index (χ0v) is 12.9. The number of carbonyl (C=O) groups excluding carboxylic acids is 1. The van der Waals surface area contributed by atoms with E-state index < -0.39 is 5.97 Å². The second-order valence-electron chi connectivity index (χ2n) is 4.92. The van der Waals surface area contributed by atoms with E-state index >= 15 is 0 Å². The van der Waals surface area contributed by atoms with Gasteiger partial charge in [-0.05, 0) is 37.6 Å². The highest BCUT2D eigenvalue weighted by Gasteiger charge is 2.16. The molecule has 110 valence electrons. The van der Waals surface area contributed by atoms with E-state index in [0.29, 0.717) is 12.1 Å². The second kappa shape index (κ2) is 6.05. The van der Waals surface area contributed by atoms with Gasteiger partial charge in [0.05, 0.1) is 23.3 Å². The highest BCUT2D eigenvalue weighted by molar-refractivity contribution is 7.09. The molecule has 0 bridgehead atoms. The summed E-state index contributed by atoms with van der Waals surface area (Å²) in [6.45, 7) is 4.14. The van der Waals surface area contributed by atoms with Crippen molar-refractivity contribution < 1.29 is 14.7 Å². The van der Waals surface area contributed by atoms with Crippen LogP contribution in [0.1, 0.15) is 36.9 Å². The normalized spacial score (nSPS) is 10.4. The molecule has 5 nitrogen and oxygen atoms in total. The fourth-order valence-electron chi connectivity index (χ4n) is 2.02. The number of aryl methyl sites for hydroxylation is 2. The molecule has 0 unspecified atom stereocenters. The molecule has 1 amide bonds. The minimum atomic E-state index is -1.03. The summed E-state index contributed by atoms with van der Waals surface area (Å²) >= 11 is 1.50. The van der Waals surface area contributed by atoms with Gasteiger partial charge in [0.25, 0.3) is 5.91 Å². The van der Waals surface area contributed by atoms with Crippen LogP contribution in [0.2, 0.25) is 0 Å². The molecule has 6 heteroatoms. The summed E-state index contributed by atoms with van der Waals surface area (Å²) in [5.74, 6) is -1.23. The predicted octanol–water partition coefficient (Wildman–Crippen LogP) is 2.73. The Bertz CT molecular complexity index is 694. The lowest BCUT2D eigenvalue weighted by Crippen LogP contribution is -2.26. The monoisotopic (exact) mass is 304 g/mol. The molecule has 0 aliphatic rings. The summed E-state index contributed by atoms with van der Waals surface area (Å²) in [5.41, 5.74) is 3.92. The van der Waals surface area contributed by atoms with E-state index in [1.807, 2.05) is 6.92 Å². The number of thiazole rings is 1. The van der Waals surface area contributed by atoms with Gasteiger partial charge in [-0.25, -0.2) is 9.78 Å². The number of benzene rings is 1. The van der Waals surface area contributed by atoms with Crippen LogP contribution in [0.4, 0.5) is 0 Å². The lowest BCUT2D eigenvalue weighted by molar-refractivity contribution is 0.0696. The van der Waals surface area contributed by atoms with Crippen LogP contribution in [0, 0.1) is 13.8 Å². The number of amides is 1. The molecule has 0 saturated carbocycles. The van der Waals surface area contributed by atoms with E-state index in [1.165, 1.54) is 17.4 Å². The summed E-state index contributed by atoms with van der Waals surface area (Å²) in [6, 6.07) is 4.66. The van der Waals surface area contributed by atoms with Gasteiger partial charge >= 0.3 is 5.97 Å². The van der Waals surface area contributed by atoms with Gasteiger partial charge in [0.2, 0.25) is 0 Å². The molecular weight excluding hydrogens is 288 g/mol. The molecule has 0 fully saturated rings. The van der Waals surface area contributed by atoms with Crippen molar-refractivity contribution in [2.75, 3.05) is 7.05 Å². The van der Waals surface area contributed by atoms with Crippen molar-refractivity contribution in [3.05, 3.63) is 51.0 Å². The molecule has 21 heavy (non-hydrogen) atoms. The number of hydrogen-bond acceptors (Lipinski definition) is 4. The third-order valence-corrected chi connectivity index (χ3v) is 4.06. The average Bonchev–Trinajstić information content (AvgIpc) is 2.82. The Morgan fingerprint density at radius 2 is 1.90 bits per heavy atom. The molecule has 0 aliphatic heterocycles. The third-order valence-electron chi connectivity index (χ3n) is 3.14. The Morgan fingerprint density at radius 3 is 2.48 bits per heavy atom. The van der Waals surface area contributed by atoms with Crippen molar-refractivity contribution in [1.29, 1.82) is 0 Å². The van der Waals surface area contributed by atoms with Crippen molar-refractivity contribution in [3.8, 4) is 0 Å². The number of rotatable bonds is 4. The zero-order valence-electron chi connectivity index (χ0n) is 12.1. The fourth-order valence-corrected chi connectivity index (χ4v) is 2.85. The van der Waals surface area contributed by atoms with Crippen LogP contribution < -0.4 is 0 Å². The highest BCUT2D eigenvalue weighted by Crippen LogP contribution is 2.17. The van der Waals surface area contributed by atoms with Crippen LogP contribution in [0.25, 0.3) is 0 Å². The fraction of sp³-hybridized carbons (Fsp3) is 0.267. The van der Waals surface area contributed by atoms with Gasteiger partial charge in [-0.1, -0.05) is 0 Å². The zero-order chi connectivity index (χ0) is 15.6. The maximum atomic E-state index is 12.4. The van der Waals surface area contributed by atoms with Gasteiger partial charge < -0.3 is 10.0 Å². The van der Waals surface area contributed by atoms with E-state index in [0.717, 1.165) is 16.1 Å². The SMILES string of the molecule is Cc1cc(C(=O)O)cc(C(=O)N(C)Cc2scnc2C)c1. The summed E-state index contributed by atoms with van der Waals surface area (Å²) in [4.78, 5) is 30.2. The lowest BCUT2D eigenvalue weighted by Gasteiger charge is -2.17. The smallest absolute Gasteiger partial charge is 0.335 e. The van der Waals surface area contributed by atoms with E-state index in [4.69, 9.17) is 5.11 Å². The van der Waals surface area contributed by atoms with Gasteiger partial charge in [0.1, 0.15) is 0 Å². The molecule has 1 heterocycles.